The van der Waals surface area contributed by atoms with Gasteiger partial charge in [0.05, 0.1) is 6.54 Å². The molecule has 1 spiro atoms. The van der Waals surface area contributed by atoms with Gasteiger partial charge >= 0.3 is 0 Å². The van der Waals surface area contributed by atoms with E-state index in [0.29, 0.717) is 12.5 Å². The van der Waals surface area contributed by atoms with Crippen molar-refractivity contribution in [3.8, 4) is 0 Å². The van der Waals surface area contributed by atoms with Crippen LogP contribution in [0.3, 0.4) is 0 Å². The summed E-state index contributed by atoms with van der Waals surface area (Å²) in [6.07, 6.45) is 3.68. The molecule has 1 aliphatic heterocycles. The Bertz CT molecular complexity index is 378. The van der Waals surface area contributed by atoms with E-state index in [0.717, 1.165) is 25.7 Å². The lowest BCUT2D eigenvalue weighted by Crippen LogP contribution is -2.66. The van der Waals surface area contributed by atoms with Crippen LogP contribution >= 0.6 is 0 Å². The summed E-state index contributed by atoms with van der Waals surface area (Å²) >= 11 is 0. The molecule has 0 aromatic heterocycles. The molecular formula is C15H26N2O2. The van der Waals surface area contributed by atoms with Crippen molar-refractivity contribution < 1.29 is 9.59 Å². The largest absolute Gasteiger partial charge is 0.340 e. The molecule has 108 valence electrons. The molecule has 2 amide bonds. The third kappa shape index (κ3) is 2.77. The molecule has 1 aliphatic carbocycles. The molecular weight excluding hydrogens is 240 g/mol. The molecule has 1 heterocycles. The molecule has 4 nitrogen and oxygen atoms in total. The molecule has 2 rings (SSSR count). The molecule has 0 aromatic carbocycles. The third-order valence-electron chi connectivity index (χ3n) is 4.84. The van der Waals surface area contributed by atoms with Crippen LogP contribution in [0, 0.1) is 11.3 Å². The van der Waals surface area contributed by atoms with Crippen molar-refractivity contribution in [2.75, 3.05) is 13.1 Å². The first-order valence-electron chi connectivity index (χ1n) is 7.35. The van der Waals surface area contributed by atoms with Crippen LogP contribution < -0.4 is 5.32 Å². The monoisotopic (exact) mass is 266 g/mol. The number of nitrogens with zero attached hydrogens (tertiary/aromatic N) is 1. The first-order chi connectivity index (χ1) is 8.74. The molecule has 0 aromatic rings. The summed E-state index contributed by atoms with van der Waals surface area (Å²) in [5.74, 6) is 0.518. The maximum absolute atomic E-state index is 12.7. The Kier molecular flexibility index (Phi) is 3.63. The van der Waals surface area contributed by atoms with Crippen molar-refractivity contribution in [1.29, 1.82) is 0 Å². The standard InChI is InChI=1S/C15H26N2O2/c1-11(14(2,3)4)9-17-10-12(18)16-15(13(17)19)7-5-6-8-15/h11H,5-10H2,1-4H3,(H,16,18). The fourth-order valence-electron chi connectivity index (χ4n) is 2.98. The van der Waals surface area contributed by atoms with E-state index in [2.05, 4.69) is 33.0 Å². The van der Waals surface area contributed by atoms with Crippen LogP contribution in [-0.4, -0.2) is 35.3 Å². The zero-order valence-corrected chi connectivity index (χ0v) is 12.6. The average Bonchev–Trinajstić information content (AvgIpc) is 2.73. The highest BCUT2D eigenvalue weighted by Crippen LogP contribution is 2.34. The molecule has 0 bridgehead atoms. The van der Waals surface area contributed by atoms with Gasteiger partial charge in [0.2, 0.25) is 11.8 Å². The van der Waals surface area contributed by atoms with Crippen molar-refractivity contribution in [1.82, 2.24) is 10.2 Å². The van der Waals surface area contributed by atoms with Crippen LogP contribution in [0.15, 0.2) is 0 Å². The predicted octanol–water partition coefficient (Wildman–Crippen LogP) is 1.94. The van der Waals surface area contributed by atoms with E-state index in [4.69, 9.17) is 0 Å². The third-order valence-corrected chi connectivity index (χ3v) is 4.84. The summed E-state index contributed by atoms with van der Waals surface area (Å²) in [4.78, 5) is 26.4. The minimum atomic E-state index is -0.576. The molecule has 1 atom stereocenters. The Balaban J connectivity index is 2.12. The van der Waals surface area contributed by atoms with Crippen molar-refractivity contribution in [3.63, 3.8) is 0 Å². The van der Waals surface area contributed by atoms with Gasteiger partial charge in [0.1, 0.15) is 5.54 Å². The quantitative estimate of drug-likeness (QED) is 0.830. The Morgan fingerprint density at radius 1 is 1.26 bits per heavy atom. The number of hydrogen-bond acceptors (Lipinski definition) is 2. The number of amides is 2. The molecule has 1 unspecified atom stereocenters. The summed E-state index contributed by atoms with van der Waals surface area (Å²) in [5.41, 5.74) is -0.427. The molecule has 1 N–H and O–H groups in total. The highest BCUT2D eigenvalue weighted by molar-refractivity contribution is 5.98. The van der Waals surface area contributed by atoms with Crippen LogP contribution in [0.4, 0.5) is 0 Å². The Labute approximate surface area is 115 Å². The predicted molar refractivity (Wildman–Crippen MR) is 74.5 cm³/mol. The summed E-state index contributed by atoms with van der Waals surface area (Å²) < 4.78 is 0. The van der Waals surface area contributed by atoms with E-state index in [-0.39, 0.29) is 23.8 Å². The molecule has 19 heavy (non-hydrogen) atoms. The lowest BCUT2D eigenvalue weighted by molar-refractivity contribution is -0.150. The van der Waals surface area contributed by atoms with Crippen molar-refractivity contribution in [2.24, 2.45) is 11.3 Å². The second-order valence-electron chi connectivity index (χ2n) is 7.29. The van der Waals surface area contributed by atoms with Crippen LogP contribution in [0.5, 0.6) is 0 Å². The molecule has 1 saturated carbocycles. The highest BCUT2D eigenvalue weighted by Gasteiger charge is 2.48. The first-order valence-corrected chi connectivity index (χ1v) is 7.35. The van der Waals surface area contributed by atoms with Crippen LogP contribution in [0.25, 0.3) is 0 Å². The van der Waals surface area contributed by atoms with E-state index in [1.54, 1.807) is 4.90 Å². The number of carbonyl (C=O) groups excluding carboxylic acids is 2. The van der Waals surface area contributed by atoms with Gasteiger partial charge in [-0.1, -0.05) is 40.5 Å². The number of nitrogens with one attached hydrogen (secondary N) is 1. The smallest absolute Gasteiger partial charge is 0.248 e. The van der Waals surface area contributed by atoms with Crippen molar-refractivity contribution in [3.05, 3.63) is 0 Å². The molecule has 2 aliphatic rings. The number of carbonyl (C=O) groups is 2. The van der Waals surface area contributed by atoms with E-state index >= 15 is 0 Å². The lowest BCUT2D eigenvalue weighted by Gasteiger charge is -2.42. The van der Waals surface area contributed by atoms with Gasteiger partial charge < -0.3 is 10.2 Å². The van der Waals surface area contributed by atoms with Crippen molar-refractivity contribution in [2.45, 2.75) is 58.9 Å². The van der Waals surface area contributed by atoms with E-state index in [1.165, 1.54) is 0 Å². The van der Waals surface area contributed by atoms with Gasteiger partial charge in [-0.05, 0) is 24.2 Å². The van der Waals surface area contributed by atoms with Gasteiger partial charge in [-0.25, -0.2) is 0 Å². The van der Waals surface area contributed by atoms with Crippen LogP contribution in [-0.2, 0) is 9.59 Å². The SMILES string of the molecule is CC(CN1CC(=O)NC2(CCCC2)C1=O)C(C)(C)C. The second kappa shape index (κ2) is 4.80. The fraction of sp³-hybridized carbons (Fsp3) is 0.867. The zero-order chi connectivity index (χ0) is 14.3. The Hall–Kier alpha value is -1.06. The van der Waals surface area contributed by atoms with Crippen LogP contribution in [0.1, 0.15) is 53.4 Å². The minimum absolute atomic E-state index is 0.00242. The summed E-state index contributed by atoms with van der Waals surface area (Å²) in [5, 5.41) is 2.95. The van der Waals surface area contributed by atoms with Crippen molar-refractivity contribution >= 4 is 11.8 Å². The van der Waals surface area contributed by atoms with E-state index in [1.807, 2.05) is 0 Å². The molecule has 0 radical (unpaired) electrons. The van der Waals surface area contributed by atoms with Gasteiger partial charge in [-0.3, -0.25) is 9.59 Å². The first kappa shape index (κ1) is 14.4. The van der Waals surface area contributed by atoms with Gasteiger partial charge in [0, 0.05) is 6.54 Å². The summed E-state index contributed by atoms with van der Waals surface area (Å²) in [6, 6.07) is 0. The topological polar surface area (TPSA) is 49.4 Å². The maximum Gasteiger partial charge on any atom is 0.248 e. The molecule has 4 heteroatoms. The normalized spacial score (nSPS) is 24.7. The van der Waals surface area contributed by atoms with Gasteiger partial charge in [0.25, 0.3) is 0 Å². The number of hydrogen-bond donors (Lipinski definition) is 1. The van der Waals surface area contributed by atoms with Gasteiger partial charge in [0.15, 0.2) is 0 Å². The molecule has 2 fully saturated rings. The van der Waals surface area contributed by atoms with E-state index < -0.39 is 5.54 Å². The summed E-state index contributed by atoms with van der Waals surface area (Å²) in [6.45, 7) is 9.59. The average molecular weight is 266 g/mol. The number of piperazine rings is 1. The minimum Gasteiger partial charge on any atom is -0.340 e. The summed E-state index contributed by atoms with van der Waals surface area (Å²) in [7, 11) is 0. The maximum atomic E-state index is 12.7. The number of rotatable bonds is 2. The fourth-order valence-corrected chi connectivity index (χ4v) is 2.98. The van der Waals surface area contributed by atoms with Crippen LogP contribution in [0.2, 0.25) is 0 Å². The zero-order valence-electron chi connectivity index (χ0n) is 12.6. The van der Waals surface area contributed by atoms with Gasteiger partial charge in [-0.2, -0.15) is 0 Å². The second-order valence-corrected chi connectivity index (χ2v) is 7.29. The van der Waals surface area contributed by atoms with E-state index in [9.17, 15) is 9.59 Å². The highest BCUT2D eigenvalue weighted by atomic mass is 16.2. The lowest BCUT2D eigenvalue weighted by atomic mass is 9.81. The Morgan fingerprint density at radius 3 is 2.37 bits per heavy atom. The molecule has 1 saturated heterocycles. The van der Waals surface area contributed by atoms with Gasteiger partial charge in [-0.15, -0.1) is 0 Å². The Morgan fingerprint density at radius 2 is 1.84 bits per heavy atom.